The minimum atomic E-state index is -1.01. The molecule has 4 rings (SSSR count). The van der Waals surface area contributed by atoms with Gasteiger partial charge in [0.1, 0.15) is 37.1 Å². The molecule has 2 aliphatic rings. The minimum absolute atomic E-state index is 0.155. The van der Waals surface area contributed by atoms with E-state index in [-0.39, 0.29) is 29.9 Å². The van der Waals surface area contributed by atoms with Crippen molar-refractivity contribution in [3.05, 3.63) is 36.0 Å². The molecule has 246 valence electrons. The Labute approximate surface area is 265 Å². The van der Waals surface area contributed by atoms with Crippen molar-refractivity contribution in [3.63, 3.8) is 0 Å². The average molecular weight is 624 g/mol. The van der Waals surface area contributed by atoms with Crippen molar-refractivity contribution in [2.75, 3.05) is 13.7 Å². The molecule has 0 saturated carbocycles. The number of piperidine rings is 1. The predicted molar refractivity (Wildman–Crippen MR) is 171 cm³/mol. The highest BCUT2D eigenvalue weighted by atomic mass is 16.6. The molecule has 11 nitrogen and oxygen atoms in total. The Kier molecular flexibility index (Phi) is 12.0. The monoisotopic (exact) mass is 623 g/mol. The van der Waals surface area contributed by atoms with E-state index < -0.39 is 36.0 Å². The van der Waals surface area contributed by atoms with E-state index >= 15 is 0 Å². The molecular weight excluding hydrogens is 574 g/mol. The number of rotatable bonds is 12. The topological polar surface area (TPSA) is 139 Å². The number of aromatic nitrogens is 1. The summed E-state index contributed by atoms with van der Waals surface area (Å²) in [5, 5.41) is 9.75. The molecule has 0 spiro atoms. The van der Waals surface area contributed by atoms with E-state index in [4.69, 9.17) is 4.84 Å². The molecular formula is C34H49N5O6. The molecule has 0 radical (unpaired) electrons. The molecule has 0 bridgehead atoms. The van der Waals surface area contributed by atoms with E-state index in [1.807, 2.05) is 45.0 Å². The van der Waals surface area contributed by atoms with Gasteiger partial charge in [0, 0.05) is 37.4 Å². The van der Waals surface area contributed by atoms with Crippen molar-refractivity contribution in [2.24, 2.45) is 5.92 Å². The number of hydrogen-bond acceptors (Lipinski definition) is 6. The summed E-state index contributed by atoms with van der Waals surface area (Å²) in [5.74, 6) is -1.50. The van der Waals surface area contributed by atoms with Gasteiger partial charge in [-0.3, -0.25) is 24.0 Å². The Bertz CT molecular complexity index is 1370. The summed E-state index contributed by atoms with van der Waals surface area (Å²) < 4.78 is 1.62. The molecule has 2 saturated heterocycles. The van der Waals surface area contributed by atoms with Crippen molar-refractivity contribution < 1.29 is 28.8 Å². The van der Waals surface area contributed by atoms with Gasteiger partial charge in [0.15, 0.2) is 0 Å². The highest BCUT2D eigenvalue weighted by molar-refractivity contribution is 5.98. The van der Waals surface area contributed by atoms with Gasteiger partial charge in [0.25, 0.3) is 0 Å². The Morgan fingerprint density at radius 2 is 1.69 bits per heavy atom. The third kappa shape index (κ3) is 8.23. The number of carbonyl (C=O) groups is 5. The molecule has 4 amide bonds. The highest BCUT2D eigenvalue weighted by Crippen LogP contribution is 2.24. The lowest BCUT2D eigenvalue weighted by Gasteiger charge is -2.39. The first-order chi connectivity index (χ1) is 21.7. The maximum absolute atomic E-state index is 14.0. The van der Waals surface area contributed by atoms with Gasteiger partial charge in [-0.15, -0.1) is 0 Å². The number of nitrogens with zero attached hydrogens (tertiary/aromatic N) is 2. The number of amides is 4. The zero-order valence-electron chi connectivity index (χ0n) is 27.1. The van der Waals surface area contributed by atoms with E-state index in [2.05, 4.69) is 16.0 Å². The number of para-hydroxylation sites is 1. The summed E-state index contributed by atoms with van der Waals surface area (Å²) in [6.07, 6.45) is 8.07. The number of fused-ring (bicyclic) bond motifs is 2. The smallest absolute Gasteiger partial charge is 0.246 e. The maximum Gasteiger partial charge on any atom is 0.246 e. The Morgan fingerprint density at radius 1 is 0.956 bits per heavy atom. The molecule has 1 unspecified atom stereocenters. The van der Waals surface area contributed by atoms with Crippen LogP contribution < -0.4 is 20.8 Å². The molecule has 3 N–H and O–H groups in total. The lowest BCUT2D eigenvalue weighted by atomic mass is 9.93. The fourth-order valence-electron chi connectivity index (χ4n) is 6.38. The normalized spacial score (nSPS) is 23.7. The van der Waals surface area contributed by atoms with Gasteiger partial charge in [-0.25, -0.2) is 0 Å². The van der Waals surface area contributed by atoms with Crippen LogP contribution in [0.5, 0.6) is 0 Å². The second kappa shape index (κ2) is 15.9. The number of nitrogens with one attached hydrogen (secondary N) is 3. The molecule has 5 atom stereocenters. The van der Waals surface area contributed by atoms with Crippen LogP contribution in [0.25, 0.3) is 10.9 Å². The van der Waals surface area contributed by atoms with E-state index in [1.54, 1.807) is 22.9 Å². The number of ketones is 1. The van der Waals surface area contributed by atoms with E-state index in [0.717, 1.165) is 35.7 Å². The van der Waals surface area contributed by atoms with Crippen molar-refractivity contribution in [1.82, 2.24) is 25.6 Å². The van der Waals surface area contributed by atoms with Crippen molar-refractivity contribution in [3.8, 4) is 0 Å². The van der Waals surface area contributed by atoms with Gasteiger partial charge < -0.3 is 25.7 Å². The summed E-state index contributed by atoms with van der Waals surface area (Å²) in [6, 6.07) is 4.20. The number of carbonyl (C=O) groups excluding carboxylic acids is 5. The first-order valence-electron chi connectivity index (χ1n) is 16.5. The van der Waals surface area contributed by atoms with Crippen LogP contribution in [0.1, 0.15) is 90.5 Å². The standard InChI is InChI=1S/C34H49N5O6/c1-5-22(3)30-34(44)38-19-13-12-18-29(38)33(43)35-26(16-9-7-8-14-24(40)6-2)31(41)36-27(32(42)37-30)20-23-21-39(45-4)28-17-11-10-15-25(23)28/h10-11,15,17,21-22,26-27,29-30H,5-9,12-14,16,18-20H2,1-4H3,(H,35,43)(H,36,41)(H,37,42)/t22-,26-,27-,29?,30-/m1/s1. The van der Waals surface area contributed by atoms with E-state index in [0.29, 0.717) is 51.5 Å². The molecule has 11 heteroatoms. The fraction of sp³-hybridized carbons (Fsp3) is 0.618. The lowest BCUT2D eigenvalue weighted by molar-refractivity contribution is -0.147. The molecule has 2 fully saturated rings. The van der Waals surface area contributed by atoms with E-state index in [1.165, 1.54) is 0 Å². The van der Waals surface area contributed by atoms with Crippen LogP contribution >= 0.6 is 0 Å². The predicted octanol–water partition coefficient (Wildman–Crippen LogP) is 3.07. The van der Waals surface area contributed by atoms with Gasteiger partial charge in [-0.1, -0.05) is 58.2 Å². The van der Waals surface area contributed by atoms with Crippen molar-refractivity contribution in [2.45, 2.75) is 116 Å². The Balaban J connectivity index is 1.66. The van der Waals surface area contributed by atoms with Gasteiger partial charge in [0.2, 0.25) is 23.6 Å². The van der Waals surface area contributed by atoms with Crippen LogP contribution in [0.4, 0.5) is 0 Å². The average Bonchev–Trinajstić information content (AvgIpc) is 3.41. The summed E-state index contributed by atoms with van der Waals surface area (Å²) in [7, 11) is 1.56. The quantitative estimate of drug-likeness (QED) is 0.311. The maximum atomic E-state index is 14.0. The van der Waals surface area contributed by atoms with Gasteiger partial charge >= 0.3 is 0 Å². The zero-order valence-corrected chi connectivity index (χ0v) is 27.1. The van der Waals surface area contributed by atoms with Crippen molar-refractivity contribution in [1.29, 1.82) is 0 Å². The Hall–Kier alpha value is -3.89. The van der Waals surface area contributed by atoms with Crippen LogP contribution in [-0.2, 0) is 30.4 Å². The van der Waals surface area contributed by atoms with Crippen molar-refractivity contribution >= 4 is 40.3 Å². The van der Waals surface area contributed by atoms with Crippen LogP contribution in [0.15, 0.2) is 30.5 Å². The summed E-state index contributed by atoms with van der Waals surface area (Å²) in [5.41, 5.74) is 1.62. The van der Waals surface area contributed by atoms with Crippen LogP contribution in [0.2, 0.25) is 0 Å². The minimum Gasteiger partial charge on any atom is -0.417 e. The van der Waals surface area contributed by atoms with E-state index in [9.17, 15) is 24.0 Å². The Morgan fingerprint density at radius 3 is 2.42 bits per heavy atom. The first-order valence-corrected chi connectivity index (χ1v) is 16.5. The third-order valence-electron chi connectivity index (χ3n) is 9.36. The van der Waals surface area contributed by atoms with Crippen LogP contribution in [0, 0.1) is 5.92 Å². The summed E-state index contributed by atoms with van der Waals surface area (Å²) in [6.45, 7) is 6.14. The first kappa shape index (κ1) is 34.0. The molecule has 1 aromatic carbocycles. The number of unbranched alkanes of at least 4 members (excludes halogenated alkanes) is 2. The highest BCUT2D eigenvalue weighted by Gasteiger charge is 2.40. The molecule has 1 aromatic heterocycles. The lowest BCUT2D eigenvalue weighted by Crippen LogP contribution is -2.64. The fourth-order valence-corrected chi connectivity index (χ4v) is 6.38. The number of benzene rings is 1. The summed E-state index contributed by atoms with van der Waals surface area (Å²) >= 11 is 0. The molecule has 0 aliphatic carbocycles. The van der Waals surface area contributed by atoms with Gasteiger partial charge in [0.05, 0.1) is 5.52 Å². The molecule has 3 heterocycles. The van der Waals surface area contributed by atoms with Crippen LogP contribution in [-0.4, -0.2) is 76.9 Å². The van der Waals surface area contributed by atoms with Gasteiger partial charge in [-0.05, 0) is 49.7 Å². The summed E-state index contributed by atoms with van der Waals surface area (Å²) in [4.78, 5) is 74.5. The SMILES string of the molecule is CCC(=O)CCCCC[C@H]1NC(=O)C2CCCCN2C(=O)[C@@H]([C@H](C)CC)NC(=O)[C@@H](Cc2cn(OC)c3ccccc23)NC1=O. The molecule has 2 aromatic rings. The number of hydrogen-bond donors (Lipinski definition) is 3. The van der Waals surface area contributed by atoms with Crippen LogP contribution in [0.3, 0.4) is 0 Å². The molecule has 45 heavy (non-hydrogen) atoms. The molecule has 2 aliphatic heterocycles. The number of Topliss-reactive ketones (excluding diaryl/α,β-unsaturated/α-hetero) is 1. The second-order valence-electron chi connectivity index (χ2n) is 12.4. The second-order valence-corrected chi connectivity index (χ2v) is 12.4. The largest absolute Gasteiger partial charge is 0.417 e. The zero-order chi connectivity index (χ0) is 32.5. The van der Waals surface area contributed by atoms with Gasteiger partial charge in [-0.2, -0.15) is 4.73 Å². The third-order valence-corrected chi connectivity index (χ3v) is 9.36.